The second-order valence-electron chi connectivity index (χ2n) is 9.56. The highest BCUT2D eigenvalue weighted by Crippen LogP contribution is 2.38. The van der Waals surface area contributed by atoms with E-state index >= 15 is 0 Å². The van der Waals surface area contributed by atoms with E-state index in [9.17, 15) is 0 Å². The average Bonchev–Trinajstić information content (AvgIpc) is 3.16. The number of morpholine rings is 1. The van der Waals surface area contributed by atoms with Gasteiger partial charge in [-0.2, -0.15) is 5.10 Å². The predicted octanol–water partition coefficient (Wildman–Crippen LogP) is 3.58. The van der Waals surface area contributed by atoms with Crippen LogP contribution in [0.15, 0.2) is 24.5 Å². The molecule has 1 saturated heterocycles. The smallest absolute Gasteiger partial charge is 0.187 e. The van der Waals surface area contributed by atoms with Gasteiger partial charge in [0.1, 0.15) is 23.6 Å². The maximum Gasteiger partial charge on any atom is 0.187 e. The normalized spacial score (nSPS) is 23.9. The van der Waals surface area contributed by atoms with Crippen LogP contribution in [0.25, 0.3) is 22.3 Å². The van der Waals surface area contributed by atoms with Gasteiger partial charge in [0.15, 0.2) is 11.5 Å². The molecule has 0 radical (unpaired) electrons. The fourth-order valence-electron chi connectivity index (χ4n) is 5.71. The molecule has 178 valence electrons. The minimum absolute atomic E-state index is 0.299. The topological polar surface area (TPSA) is 115 Å². The summed E-state index contributed by atoms with van der Waals surface area (Å²) in [5.74, 6) is 1.55. The Bertz CT molecular complexity index is 1210. The third-order valence-electron chi connectivity index (χ3n) is 7.51. The Balaban J connectivity index is 1.32. The van der Waals surface area contributed by atoms with Gasteiger partial charge < -0.3 is 15.2 Å². The van der Waals surface area contributed by atoms with Crippen molar-refractivity contribution in [1.29, 1.82) is 5.41 Å². The summed E-state index contributed by atoms with van der Waals surface area (Å²) in [5.41, 5.74) is 10.1. The molecule has 3 aromatic rings. The van der Waals surface area contributed by atoms with Gasteiger partial charge in [-0.1, -0.05) is 0 Å². The molecule has 4 heterocycles. The molecule has 9 nitrogen and oxygen atoms in total. The van der Waals surface area contributed by atoms with Crippen molar-refractivity contribution < 1.29 is 9.47 Å². The number of nitrogens with one attached hydrogen (secondary N) is 1. The Kier molecular flexibility index (Phi) is 5.66. The van der Waals surface area contributed by atoms with E-state index in [1.54, 1.807) is 0 Å². The zero-order valence-electron chi connectivity index (χ0n) is 19.4. The molecule has 0 amide bonds. The summed E-state index contributed by atoms with van der Waals surface area (Å²) >= 11 is 0. The number of anilines is 1. The maximum absolute atomic E-state index is 7.93. The molecule has 3 aliphatic rings. The number of benzene rings is 1. The highest BCUT2D eigenvalue weighted by Gasteiger charge is 2.30. The highest BCUT2D eigenvalue weighted by molar-refractivity contribution is 5.98. The second kappa shape index (κ2) is 8.96. The molecule has 34 heavy (non-hydrogen) atoms. The number of aryl methyl sites for hydroxylation is 1. The van der Waals surface area contributed by atoms with E-state index in [-0.39, 0.29) is 0 Å². The van der Waals surface area contributed by atoms with E-state index in [0.717, 1.165) is 98.4 Å². The van der Waals surface area contributed by atoms with Crippen molar-refractivity contribution >= 4 is 22.7 Å². The Morgan fingerprint density at radius 1 is 1.00 bits per heavy atom. The van der Waals surface area contributed by atoms with Gasteiger partial charge in [0, 0.05) is 31.1 Å². The second-order valence-corrected chi connectivity index (χ2v) is 9.56. The summed E-state index contributed by atoms with van der Waals surface area (Å²) in [6, 6.07) is 7.01. The Labute approximate surface area is 198 Å². The number of fused-ring (bicyclic) bond motifs is 2. The van der Waals surface area contributed by atoms with Crippen LogP contribution < -0.4 is 10.5 Å². The third kappa shape index (κ3) is 3.92. The van der Waals surface area contributed by atoms with Crippen LogP contribution in [-0.2, 0) is 11.2 Å². The first-order valence-electron chi connectivity index (χ1n) is 12.4. The molecule has 0 atom stereocenters. The summed E-state index contributed by atoms with van der Waals surface area (Å²) in [7, 11) is 0. The van der Waals surface area contributed by atoms with E-state index in [1.165, 1.54) is 6.33 Å². The third-order valence-corrected chi connectivity index (χ3v) is 7.51. The molecule has 2 aromatic heterocycles. The number of ether oxygens (including phenoxy) is 2. The molecule has 0 spiro atoms. The summed E-state index contributed by atoms with van der Waals surface area (Å²) in [4.78, 5) is 11.5. The van der Waals surface area contributed by atoms with Gasteiger partial charge in [-0.15, -0.1) is 0 Å². The molecule has 9 heteroatoms. The lowest BCUT2D eigenvalue weighted by Crippen LogP contribution is -2.45. The zero-order valence-corrected chi connectivity index (χ0v) is 19.4. The zero-order chi connectivity index (χ0) is 23.1. The highest BCUT2D eigenvalue weighted by atomic mass is 16.5. The van der Waals surface area contributed by atoms with Crippen LogP contribution in [0.3, 0.4) is 0 Å². The van der Waals surface area contributed by atoms with Crippen molar-refractivity contribution in [2.75, 3.05) is 32.0 Å². The molecule has 2 fully saturated rings. The number of rotatable bonds is 3. The van der Waals surface area contributed by atoms with Crippen molar-refractivity contribution in [2.45, 2.75) is 57.0 Å². The summed E-state index contributed by atoms with van der Waals surface area (Å²) in [6.45, 7) is 3.76. The lowest BCUT2D eigenvalue weighted by atomic mass is 9.90. The molecule has 1 aromatic carbocycles. The number of hydrogen-bond donors (Lipinski definition) is 2. The van der Waals surface area contributed by atoms with Crippen molar-refractivity contribution in [3.05, 3.63) is 30.1 Å². The van der Waals surface area contributed by atoms with Gasteiger partial charge in [0.25, 0.3) is 0 Å². The van der Waals surface area contributed by atoms with Crippen molar-refractivity contribution in [2.24, 2.45) is 0 Å². The molecular formula is C25H31N7O2. The molecule has 2 aliphatic heterocycles. The first kappa shape index (κ1) is 21.5. The minimum atomic E-state index is 0.299. The first-order chi connectivity index (χ1) is 16.7. The lowest BCUT2D eigenvalue weighted by Gasteiger charge is -2.38. The quantitative estimate of drug-likeness (QED) is 0.612. The van der Waals surface area contributed by atoms with Crippen molar-refractivity contribution in [3.8, 4) is 17.0 Å². The van der Waals surface area contributed by atoms with Gasteiger partial charge >= 0.3 is 0 Å². The Morgan fingerprint density at radius 2 is 1.79 bits per heavy atom. The minimum Gasteiger partial charge on any atom is -0.443 e. The van der Waals surface area contributed by atoms with Gasteiger partial charge in [-0.25, -0.2) is 14.6 Å². The molecule has 0 unspecified atom stereocenters. The van der Waals surface area contributed by atoms with E-state index in [1.807, 2.05) is 12.1 Å². The van der Waals surface area contributed by atoms with Gasteiger partial charge in [0.2, 0.25) is 0 Å². The number of nitrogens with two attached hydrogens (primary N) is 1. The van der Waals surface area contributed by atoms with Crippen LogP contribution in [0.4, 0.5) is 5.82 Å². The lowest BCUT2D eigenvalue weighted by molar-refractivity contribution is 0.00520. The van der Waals surface area contributed by atoms with Crippen LogP contribution >= 0.6 is 0 Å². The maximum atomic E-state index is 7.93. The van der Waals surface area contributed by atoms with E-state index in [2.05, 4.69) is 25.6 Å². The summed E-state index contributed by atoms with van der Waals surface area (Å²) in [5, 5.41) is 13.8. The van der Waals surface area contributed by atoms with E-state index < -0.39 is 0 Å². The predicted molar refractivity (Wildman–Crippen MR) is 130 cm³/mol. The average molecular weight is 462 g/mol. The molecule has 6 rings (SSSR count). The molecule has 1 aliphatic carbocycles. The Morgan fingerprint density at radius 3 is 2.62 bits per heavy atom. The van der Waals surface area contributed by atoms with Gasteiger partial charge in [0.05, 0.1) is 24.6 Å². The first-order valence-corrected chi connectivity index (χ1v) is 12.4. The van der Waals surface area contributed by atoms with Crippen LogP contribution in [0.5, 0.6) is 5.75 Å². The van der Waals surface area contributed by atoms with Crippen LogP contribution in [0.1, 0.15) is 50.1 Å². The number of hydrogen-bond acceptors (Lipinski definition) is 8. The Hall–Kier alpha value is -3.04. The molecule has 1 saturated carbocycles. The number of nitrogen functional groups attached to an aromatic ring is 1. The van der Waals surface area contributed by atoms with E-state index in [0.29, 0.717) is 30.2 Å². The standard InChI is InChI=1S/C25H31N7O2/c26-21-3-1-2-16-14-17(4-9-20(16)34-21)23-22-24(27)28-15-29-25(22)32(30-23)19-7-5-18(6-8-19)31-10-12-33-13-11-31/h4,9,14-15,18-19,26H,1-3,5-8,10-13H2,(H2,27,28,29). The number of aromatic nitrogens is 4. The SMILES string of the molecule is N=C1CCCc2cc(-c3nn(C4CCC(N5CCOCC5)CC4)c4ncnc(N)c34)ccc2O1. The molecule has 0 bridgehead atoms. The van der Waals surface area contributed by atoms with E-state index in [4.69, 9.17) is 25.7 Å². The van der Waals surface area contributed by atoms with Gasteiger partial charge in [-0.05, 0) is 62.3 Å². The van der Waals surface area contributed by atoms with Crippen LogP contribution in [0.2, 0.25) is 0 Å². The number of nitrogens with zero attached hydrogens (tertiary/aromatic N) is 5. The van der Waals surface area contributed by atoms with Gasteiger partial charge in [-0.3, -0.25) is 10.3 Å². The molecule has 3 N–H and O–H groups in total. The van der Waals surface area contributed by atoms with Crippen LogP contribution in [0, 0.1) is 5.41 Å². The van der Waals surface area contributed by atoms with Crippen molar-refractivity contribution in [1.82, 2.24) is 24.6 Å². The molecular weight excluding hydrogens is 430 g/mol. The van der Waals surface area contributed by atoms with Crippen molar-refractivity contribution in [3.63, 3.8) is 0 Å². The fraction of sp³-hybridized carbons (Fsp3) is 0.520. The van der Waals surface area contributed by atoms with Crippen LogP contribution in [-0.4, -0.2) is 62.9 Å². The summed E-state index contributed by atoms with van der Waals surface area (Å²) < 4.78 is 13.3. The fourth-order valence-corrected chi connectivity index (χ4v) is 5.71. The monoisotopic (exact) mass is 461 g/mol. The summed E-state index contributed by atoms with van der Waals surface area (Å²) in [6.07, 6.45) is 8.44. The largest absolute Gasteiger partial charge is 0.443 e.